The van der Waals surface area contributed by atoms with Crippen LogP contribution in [0.5, 0.6) is 0 Å². The van der Waals surface area contributed by atoms with E-state index >= 15 is 0 Å². The van der Waals surface area contributed by atoms with Crippen molar-refractivity contribution in [1.82, 2.24) is 5.32 Å². The molecule has 0 bridgehead atoms. The fourth-order valence-corrected chi connectivity index (χ4v) is 1.45. The summed E-state index contributed by atoms with van der Waals surface area (Å²) >= 11 is 0. The van der Waals surface area contributed by atoms with Crippen LogP contribution in [0.3, 0.4) is 0 Å². The zero-order chi connectivity index (χ0) is 11.8. The molecule has 0 amide bonds. The highest BCUT2D eigenvalue weighted by atomic mass is 19.3. The van der Waals surface area contributed by atoms with Gasteiger partial charge in [-0.2, -0.15) is 0 Å². The molecule has 3 nitrogen and oxygen atoms in total. The molecule has 0 fully saturated rings. The molecule has 1 aromatic rings. The van der Waals surface area contributed by atoms with Crippen molar-refractivity contribution >= 4 is 0 Å². The van der Waals surface area contributed by atoms with E-state index in [4.69, 9.17) is 9.15 Å². The van der Waals surface area contributed by atoms with Gasteiger partial charge in [-0.1, -0.05) is 6.92 Å². The first-order valence-electron chi connectivity index (χ1n) is 5.36. The lowest BCUT2D eigenvalue weighted by Gasteiger charge is -2.15. The Kier molecular flexibility index (Phi) is 6.03. The van der Waals surface area contributed by atoms with Crippen molar-refractivity contribution in [2.24, 2.45) is 0 Å². The summed E-state index contributed by atoms with van der Waals surface area (Å²) in [7, 11) is 0. The van der Waals surface area contributed by atoms with Crippen molar-refractivity contribution < 1.29 is 17.9 Å². The third-order valence-electron chi connectivity index (χ3n) is 2.13. The quantitative estimate of drug-likeness (QED) is 0.701. The SMILES string of the molecule is CCNC(CCOCC(F)F)c1ccco1. The molecular formula is C11H17F2NO2. The minimum Gasteiger partial charge on any atom is -0.468 e. The van der Waals surface area contributed by atoms with Crippen molar-refractivity contribution in [3.8, 4) is 0 Å². The van der Waals surface area contributed by atoms with Gasteiger partial charge in [-0.25, -0.2) is 8.78 Å². The van der Waals surface area contributed by atoms with Crippen LogP contribution in [0.15, 0.2) is 22.8 Å². The number of ether oxygens (including phenoxy) is 1. The van der Waals surface area contributed by atoms with Crippen LogP contribution in [-0.4, -0.2) is 26.2 Å². The highest BCUT2D eigenvalue weighted by Crippen LogP contribution is 2.17. The minimum atomic E-state index is -2.40. The van der Waals surface area contributed by atoms with Gasteiger partial charge in [0.1, 0.15) is 12.4 Å². The molecule has 1 atom stereocenters. The number of halogens is 2. The average Bonchev–Trinajstić information content (AvgIpc) is 2.75. The molecule has 16 heavy (non-hydrogen) atoms. The minimum absolute atomic E-state index is 0.0256. The Balaban J connectivity index is 2.29. The Morgan fingerprint density at radius 3 is 2.88 bits per heavy atom. The van der Waals surface area contributed by atoms with Crippen molar-refractivity contribution in [1.29, 1.82) is 0 Å². The molecule has 1 unspecified atom stereocenters. The molecular weight excluding hydrogens is 216 g/mol. The maximum absolute atomic E-state index is 11.8. The number of alkyl halides is 2. The molecule has 1 heterocycles. The van der Waals surface area contributed by atoms with Crippen LogP contribution in [0, 0.1) is 0 Å². The fraction of sp³-hybridized carbons (Fsp3) is 0.636. The molecule has 5 heteroatoms. The van der Waals surface area contributed by atoms with E-state index in [-0.39, 0.29) is 6.04 Å². The molecule has 1 aromatic heterocycles. The Labute approximate surface area is 93.8 Å². The highest BCUT2D eigenvalue weighted by molar-refractivity contribution is 5.04. The first-order valence-corrected chi connectivity index (χ1v) is 5.36. The standard InChI is InChI=1S/C11H17F2NO2/c1-2-14-9(10-4-3-6-16-10)5-7-15-8-11(12)13/h3-4,6,9,11,14H,2,5,7-8H2,1H3. The van der Waals surface area contributed by atoms with Gasteiger partial charge in [-0.15, -0.1) is 0 Å². The van der Waals surface area contributed by atoms with E-state index in [1.54, 1.807) is 12.3 Å². The molecule has 0 aromatic carbocycles. The summed E-state index contributed by atoms with van der Waals surface area (Å²) in [4.78, 5) is 0. The second kappa shape index (κ2) is 7.35. The maximum Gasteiger partial charge on any atom is 0.261 e. The van der Waals surface area contributed by atoms with E-state index in [0.717, 1.165) is 12.3 Å². The van der Waals surface area contributed by atoms with Crippen molar-refractivity contribution in [2.45, 2.75) is 25.8 Å². The summed E-state index contributed by atoms with van der Waals surface area (Å²) in [5.41, 5.74) is 0. The molecule has 0 saturated carbocycles. The number of rotatable bonds is 8. The van der Waals surface area contributed by atoms with E-state index in [2.05, 4.69) is 5.32 Å². The van der Waals surface area contributed by atoms with Gasteiger partial charge in [0.25, 0.3) is 6.43 Å². The Hall–Kier alpha value is -0.940. The van der Waals surface area contributed by atoms with E-state index in [0.29, 0.717) is 13.0 Å². The lowest BCUT2D eigenvalue weighted by atomic mass is 10.1. The summed E-state index contributed by atoms with van der Waals surface area (Å²) < 4.78 is 33.7. The first-order chi connectivity index (χ1) is 7.74. The lowest BCUT2D eigenvalue weighted by Crippen LogP contribution is -2.22. The van der Waals surface area contributed by atoms with E-state index in [1.165, 1.54) is 0 Å². The molecule has 1 N–H and O–H groups in total. The predicted octanol–water partition coefficient (Wildman–Crippen LogP) is 2.60. The Morgan fingerprint density at radius 1 is 1.50 bits per heavy atom. The Bertz CT molecular complexity index is 265. The van der Waals surface area contributed by atoms with Crippen LogP contribution in [0.2, 0.25) is 0 Å². The Morgan fingerprint density at radius 2 is 2.31 bits per heavy atom. The largest absolute Gasteiger partial charge is 0.468 e. The molecule has 0 aliphatic heterocycles. The highest BCUT2D eigenvalue weighted by Gasteiger charge is 2.13. The predicted molar refractivity (Wildman–Crippen MR) is 56.6 cm³/mol. The summed E-state index contributed by atoms with van der Waals surface area (Å²) in [5.74, 6) is 0.808. The van der Waals surface area contributed by atoms with Gasteiger partial charge >= 0.3 is 0 Å². The van der Waals surface area contributed by atoms with Crippen molar-refractivity contribution in [3.05, 3.63) is 24.2 Å². The number of hydrogen-bond acceptors (Lipinski definition) is 3. The van der Waals surface area contributed by atoms with Gasteiger partial charge < -0.3 is 14.5 Å². The zero-order valence-corrected chi connectivity index (χ0v) is 9.29. The topological polar surface area (TPSA) is 34.4 Å². The second-order valence-electron chi connectivity index (χ2n) is 3.38. The maximum atomic E-state index is 11.8. The van der Waals surface area contributed by atoms with Crippen molar-refractivity contribution in [2.75, 3.05) is 19.8 Å². The van der Waals surface area contributed by atoms with Gasteiger partial charge in [0.2, 0.25) is 0 Å². The van der Waals surface area contributed by atoms with Gasteiger partial charge in [0.05, 0.1) is 12.3 Å². The average molecular weight is 233 g/mol. The molecule has 0 saturated heterocycles. The van der Waals surface area contributed by atoms with Gasteiger partial charge in [-0.05, 0) is 25.1 Å². The van der Waals surface area contributed by atoms with Crippen LogP contribution >= 0.6 is 0 Å². The molecule has 0 aliphatic carbocycles. The molecule has 0 spiro atoms. The third-order valence-corrected chi connectivity index (χ3v) is 2.13. The number of furan rings is 1. The number of nitrogens with one attached hydrogen (secondary N) is 1. The van der Waals surface area contributed by atoms with Crippen LogP contribution in [0.1, 0.15) is 25.1 Å². The smallest absolute Gasteiger partial charge is 0.261 e. The summed E-state index contributed by atoms with van der Waals surface area (Å²) in [6.07, 6.45) is -0.186. The van der Waals surface area contributed by atoms with Crippen LogP contribution in [0.4, 0.5) is 8.78 Å². The lowest BCUT2D eigenvalue weighted by molar-refractivity contribution is 0.0139. The van der Waals surface area contributed by atoms with Gasteiger partial charge in [0, 0.05) is 6.61 Å². The van der Waals surface area contributed by atoms with Gasteiger partial charge in [0.15, 0.2) is 0 Å². The van der Waals surface area contributed by atoms with Crippen LogP contribution in [0.25, 0.3) is 0 Å². The second-order valence-corrected chi connectivity index (χ2v) is 3.38. The van der Waals surface area contributed by atoms with Crippen LogP contribution < -0.4 is 5.32 Å². The fourth-order valence-electron chi connectivity index (χ4n) is 1.45. The number of hydrogen-bond donors (Lipinski definition) is 1. The summed E-state index contributed by atoms with van der Waals surface area (Å²) in [5, 5.41) is 3.21. The molecule has 92 valence electrons. The molecule has 1 rings (SSSR count). The molecule has 0 aliphatic rings. The van der Waals surface area contributed by atoms with Crippen LogP contribution in [-0.2, 0) is 4.74 Å². The van der Waals surface area contributed by atoms with Crippen molar-refractivity contribution in [3.63, 3.8) is 0 Å². The monoisotopic (exact) mass is 233 g/mol. The zero-order valence-electron chi connectivity index (χ0n) is 9.29. The summed E-state index contributed by atoms with van der Waals surface area (Å²) in [6, 6.07) is 3.69. The van der Waals surface area contributed by atoms with E-state index < -0.39 is 13.0 Å². The van der Waals surface area contributed by atoms with E-state index in [1.807, 2.05) is 13.0 Å². The van der Waals surface area contributed by atoms with Gasteiger partial charge in [-0.3, -0.25) is 0 Å². The normalized spacial score (nSPS) is 13.2. The first kappa shape index (κ1) is 13.1. The molecule has 0 radical (unpaired) electrons. The third kappa shape index (κ3) is 4.72. The summed E-state index contributed by atoms with van der Waals surface area (Å²) in [6.45, 7) is 2.57. The van der Waals surface area contributed by atoms with E-state index in [9.17, 15) is 8.78 Å².